The molecule has 0 bridgehead atoms. The van der Waals surface area contributed by atoms with E-state index < -0.39 is 0 Å². The van der Waals surface area contributed by atoms with Crippen LogP contribution < -0.4 is 11.0 Å². The van der Waals surface area contributed by atoms with Crippen molar-refractivity contribution in [3.63, 3.8) is 0 Å². The van der Waals surface area contributed by atoms with Gasteiger partial charge in [0.15, 0.2) is 0 Å². The third-order valence-electron chi connectivity index (χ3n) is 3.10. The minimum absolute atomic E-state index is 0.112. The summed E-state index contributed by atoms with van der Waals surface area (Å²) in [7, 11) is 0. The zero-order valence-electron chi connectivity index (χ0n) is 11.9. The number of rotatable bonds is 7. The highest BCUT2D eigenvalue weighted by molar-refractivity contribution is 5.97. The fourth-order valence-corrected chi connectivity index (χ4v) is 2.10. The number of hydrogen-bond donors (Lipinski definition) is 3. The number of carbonyl (C=O) groups is 1. The topological polar surface area (TPSA) is 96.4 Å². The van der Waals surface area contributed by atoms with Gasteiger partial charge in [0, 0.05) is 18.7 Å². The molecule has 0 radical (unpaired) electrons. The summed E-state index contributed by atoms with van der Waals surface area (Å²) in [6.07, 6.45) is 0. The zero-order valence-corrected chi connectivity index (χ0v) is 11.9. The molecule has 0 atom stereocenters. The number of nitrogens with one attached hydrogen (secondary N) is 2. The fourth-order valence-electron chi connectivity index (χ4n) is 2.10. The Morgan fingerprint density at radius 3 is 3.00 bits per heavy atom. The van der Waals surface area contributed by atoms with Crippen LogP contribution in [0.1, 0.15) is 17.3 Å². The lowest BCUT2D eigenvalue weighted by Crippen LogP contribution is -2.26. The highest BCUT2D eigenvalue weighted by Gasteiger charge is 2.10. The minimum Gasteiger partial charge on any atom is -0.395 e. The van der Waals surface area contributed by atoms with Crippen molar-refractivity contribution in [3.05, 3.63) is 34.2 Å². The largest absolute Gasteiger partial charge is 0.395 e. The van der Waals surface area contributed by atoms with Gasteiger partial charge >= 0.3 is 5.69 Å². The molecule has 7 nitrogen and oxygen atoms in total. The van der Waals surface area contributed by atoms with Crippen LogP contribution in [-0.4, -0.2) is 46.9 Å². The van der Waals surface area contributed by atoms with Gasteiger partial charge in [0.1, 0.15) is 0 Å². The molecule has 7 heteroatoms. The molecule has 0 aliphatic carbocycles. The molecule has 3 N–H and O–H groups in total. The van der Waals surface area contributed by atoms with Crippen LogP contribution in [0.4, 0.5) is 0 Å². The molecule has 0 spiro atoms. The molecule has 0 saturated heterocycles. The molecule has 1 aromatic heterocycles. The van der Waals surface area contributed by atoms with Crippen LogP contribution in [0.2, 0.25) is 0 Å². The minimum atomic E-state index is -0.283. The Hall–Kier alpha value is -2.12. The van der Waals surface area contributed by atoms with E-state index in [2.05, 4.69) is 10.3 Å². The summed E-state index contributed by atoms with van der Waals surface area (Å²) in [4.78, 5) is 26.4. The molecule has 0 saturated carbocycles. The average molecular weight is 293 g/mol. The molecule has 1 aromatic carbocycles. The van der Waals surface area contributed by atoms with Crippen molar-refractivity contribution in [1.29, 1.82) is 0 Å². The first-order valence-corrected chi connectivity index (χ1v) is 6.86. The number of imidazole rings is 1. The van der Waals surface area contributed by atoms with Gasteiger partial charge in [0.2, 0.25) is 0 Å². The summed E-state index contributed by atoms with van der Waals surface area (Å²) in [6.45, 7) is 3.51. The van der Waals surface area contributed by atoms with E-state index in [4.69, 9.17) is 9.84 Å². The number of aliphatic hydroxyl groups excluding tert-OH is 1. The maximum absolute atomic E-state index is 11.9. The van der Waals surface area contributed by atoms with Crippen LogP contribution in [0.25, 0.3) is 11.0 Å². The monoisotopic (exact) mass is 293 g/mol. The average Bonchev–Trinajstić information content (AvgIpc) is 2.80. The summed E-state index contributed by atoms with van der Waals surface area (Å²) in [6, 6.07) is 5.01. The first-order chi connectivity index (χ1) is 10.2. The Morgan fingerprint density at radius 1 is 1.48 bits per heavy atom. The van der Waals surface area contributed by atoms with Crippen LogP contribution in [-0.2, 0) is 11.3 Å². The number of aliphatic hydroxyl groups is 1. The van der Waals surface area contributed by atoms with E-state index in [1.54, 1.807) is 22.8 Å². The van der Waals surface area contributed by atoms with E-state index in [-0.39, 0.29) is 24.7 Å². The van der Waals surface area contributed by atoms with E-state index in [1.807, 2.05) is 6.92 Å². The van der Waals surface area contributed by atoms with Crippen LogP contribution in [0, 0.1) is 0 Å². The smallest absolute Gasteiger partial charge is 0.326 e. The number of fused-ring (bicyclic) bond motifs is 1. The van der Waals surface area contributed by atoms with E-state index in [0.717, 1.165) is 5.52 Å². The Labute approximate surface area is 121 Å². The maximum atomic E-state index is 11.9. The van der Waals surface area contributed by atoms with Crippen molar-refractivity contribution >= 4 is 16.9 Å². The normalized spacial score (nSPS) is 11.0. The van der Waals surface area contributed by atoms with E-state index in [0.29, 0.717) is 30.8 Å². The Balaban J connectivity index is 2.25. The number of ether oxygens (including phenoxy) is 1. The van der Waals surface area contributed by atoms with Gasteiger partial charge in [-0.15, -0.1) is 0 Å². The number of aromatic nitrogens is 2. The van der Waals surface area contributed by atoms with Gasteiger partial charge in [0.05, 0.1) is 30.8 Å². The van der Waals surface area contributed by atoms with Gasteiger partial charge in [-0.25, -0.2) is 4.79 Å². The summed E-state index contributed by atoms with van der Waals surface area (Å²) >= 11 is 0. The first-order valence-electron chi connectivity index (χ1n) is 6.86. The second-order valence-electron chi connectivity index (χ2n) is 4.49. The molecule has 1 heterocycles. The molecule has 2 rings (SSSR count). The zero-order chi connectivity index (χ0) is 15.2. The second-order valence-corrected chi connectivity index (χ2v) is 4.49. The predicted molar refractivity (Wildman–Crippen MR) is 78.5 cm³/mol. The molecule has 0 aliphatic heterocycles. The number of carbonyl (C=O) groups excluding carboxylic acids is 1. The van der Waals surface area contributed by atoms with Gasteiger partial charge < -0.3 is 20.1 Å². The molecule has 0 aliphatic rings. The number of aromatic amines is 1. The molecule has 1 amide bonds. The van der Waals surface area contributed by atoms with Crippen molar-refractivity contribution in [1.82, 2.24) is 14.9 Å². The van der Waals surface area contributed by atoms with Crippen LogP contribution in [0.15, 0.2) is 23.0 Å². The molecule has 21 heavy (non-hydrogen) atoms. The number of nitrogens with zero attached hydrogens (tertiary/aromatic N) is 1. The molecule has 0 fully saturated rings. The lowest BCUT2D eigenvalue weighted by molar-refractivity contribution is 0.0945. The molecule has 0 unspecified atom stereocenters. The van der Waals surface area contributed by atoms with Crippen LogP contribution >= 0.6 is 0 Å². The van der Waals surface area contributed by atoms with E-state index in [9.17, 15) is 9.59 Å². The summed E-state index contributed by atoms with van der Waals surface area (Å²) < 4.78 is 6.84. The number of H-pyrrole nitrogens is 1. The fraction of sp³-hybridized carbons (Fsp3) is 0.429. The summed E-state index contributed by atoms with van der Waals surface area (Å²) in [5.41, 5.74) is 1.55. The van der Waals surface area contributed by atoms with Gasteiger partial charge in [-0.3, -0.25) is 9.36 Å². The predicted octanol–water partition coefficient (Wildman–Crippen LogP) is 0.0882. The van der Waals surface area contributed by atoms with Gasteiger partial charge in [0.25, 0.3) is 5.91 Å². The Bertz CT molecular complexity index is 674. The van der Waals surface area contributed by atoms with Crippen molar-refractivity contribution < 1.29 is 14.6 Å². The highest BCUT2D eigenvalue weighted by Crippen LogP contribution is 2.13. The van der Waals surface area contributed by atoms with Gasteiger partial charge in [-0.2, -0.15) is 0 Å². The Morgan fingerprint density at radius 2 is 2.29 bits per heavy atom. The summed E-state index contributed by atoms with van der Waals surface area (Å²) in [5, 5.41) is 11.3. The lowest BCUT2D eigenvalue weighted by atomic mass is 10.2. The second kappa shape index (κ2) is 7.05. The van der Waals surface area contributed by atoms with Crippen molar-refractivity contribution in [2.75, 3.05) is 26.4 Å². The molecule has 114 valence electrons. The number of benzene rings is 1. The van der Waals surface area contributed by atoms with Gasteiger partial charge in [-0.1, -0.05) is 0 Å². The molecular weight excluding hydrogens is 274 g/mol. The molecular formula is C14H19N3O4. The van der Waals surface area contributed by atoms with Crippen molar-refractivity contribution in [3.8, 4) is 0 Å². The van der Waals surface area contributed by atoms with E-state index >= 15 is 0 Å². The molecule has 2 aromatic rings. The highest BCUT2D eigenvalue weighted by atomic mass is 16.5. The van der Waals surface area contributed by atoms with Crippen LogP contribution in [0.5, 0.6) is 0 Å². The first kappa shape index (κ1) is 15.3. The lowest BCUT2D eigenvalue weighted by Gasteiger charge is -2.05. The van der Waals surface area contributed by atoms with Gasteiger partial charge in [-0.05, 0) is 25.1 Å². The number of hydrogen-bond acceptors (Lipinski definition) is 4. The van der Waals surface area contributed by atoms with E-state index in [1.165, 1.54) is 0 Å². The van der Waals surface area contributed by atoms with Crippen molar-refractivity contribution in [2.24, 2.45) is 0 Å². The quantitative estimate of drug-likeness (QED) is 0.630. The SMILES string of the molecule is CCOCCn1c(=O)[nH]c2cc(C(=O)NCCO)ccc21. The maximum Gasteiger partial charge on any atom is 0.326 e. The third-order valence-corrected chi connectivity index (χ3v) is 3.10. The number of amides is 1. The standard InChI is InChI=1S/C14H19N3O4/c1-2-21-8-6-17-12-4-3-10(13(19)15-5-7-18)9-11(12)16-14(17)20/h3-4,9,18H,2,5-8H2,1H3,(H,15,19)(H,16,20). The third kappa shape index (κ3) is 3.50. The summed E-state index contributed by atoms with van der Waals surface area (Å²) in [5.74, 6) is -0.283. The Kier molecular flexibility index (Phi) is 5.13. The van der Waals surface area contributed by atoms with Crippen LogP contribution in [0.3, 0.4) is 0 Å². The van der Waals surface area contributed by atoms with Crippen molar-refractivity contribution in [2.45, 2.75) is 13.5 Å².